The van der Waals surface area contributed by atoms with Gasteiger partial charge in [-0.15, -0.1) is 0 Å². The largest absolute Gasteiger partial charge is 0.433 e. The summed E-state index contributed by atoms with van der Waals surface area (Å²) in [6.45, 7) is 0.793. The second-order valence-electron chi connectivity index (χ2n) is 5.45. The monoisotopic (exact) mass is 283 g/mol. The molecule has 1 saturated heterocycles. The van der Waals surface area contributed by atoms with Gasteiger partial charge >= 0.3 is 6.18 Å². The number of halogens is 3. The van der Waals surface area contributed by atoms with Crippen LogP contribution in [-0.2, 0) is 6.18 Å². The van der Waals surface area contributed by atoms with Gasteiger partial charge in [-0.1, -0.05) is 0 Å². The Bertz CT molecular complexity index is 665. The Labute approximate surface area is 112 Å². The van der Waals surface area contributed by atoms with Crippen molar-refractivity contribution in [2.45, 2.75) is 31.5 Å². The molecule has 106 valence electrons. The number of hydrogen-bond acceptors (Lipinski definition) is 4. The zero-order chi connectivity index (χ0) is 13.9. The number of piperidine rings is 1. The number of aromatic nitrogens is 4. The van der Waals surface area contributed by atoms with E-state index in [4.69, 9.17) is 0 Å². The lowest BCUT2D eigenvalue weighted by Crippen LogP contribution is -2.34. The van der Waals surface area contributed by atoms with E-state index in [1.165, 1.54) is 17.3 Å². The summed E-state index contributed by atoms with van der Waals surface area (Å²) in [6, 6.07) is 1.40. The molecule has 8 heteroatoms. The molecule has 4 rings (SSSR count). The molecule has 1 aliphatic heterocycles. The average molecular weight is 283 g/mol. The topological polar surface area (TPSA) is 46.3 Å². The Hall–Kier alpha value is -1.86. The quantitative estimate of drug-likeness (QED) is 0.804. The molecule has 2 atom stereocenters. The normalized spacial score (nSPS) is 25.9. The van der Waals surface area contributed by atoms with E-state index >= 15 is 0 Å². The highest BCUT2D eigenvalue weighted by Crippen LogP contribution is 2.41. The Balaban J connectivity index is 1.87. The van der Waals surface area contributed by atoms with E-state index in [2.05, 4.69) is 15.1 Å². The standard InChI is InChI=1S/C12H12F3N5/c13-12(14,15)9-4-10(20-11(18-9)16-6-17-20)19-5-7-1-2-8(19)3-7/h4,6-8H,1-3,5H2. The molecule has 2 aromatic heterocycles. The summed E-state index contributed by atoms with van der Waals surface area (Å²) in [6.07, 6.45) is 0.0186. The Kier molecular flexibility index (Phi) is 2.28. The number of anilines is 1. The van der Waals surface area contributed by atoms with Crippen molar-refractivity contribution in [1.82, 2.24) is 19.6 Å². The number of nitrogens with zero attached hydrogens (tertiary/aromatic N) is 5. The molecule has 0 amide bonds. The number of hydrogen-bond donors (Lipinski definition) is 0. The predicted molar refractivity (Wildman–Crippen MR) is 64.3 cm³/mol. The van der Waals surface area contributed by atoms with Gasteiger partial charge in [0.25, 0.3) is 5.78 Å². The minimum Gasteiger partial charge on any atom is -0.353 e. The van der Waals surface area contributed by atoms with Gasteiger partial charge < -0.3 is 4.90 Å². The van der Waals surface area contributed by atoms with Crippen molar-refractivity contribution in [1.29, 1.82) is 0 Å². The smallest absolute Gasteiger partial charge is 0.353 e. The highest BCUT2D eigenvalue weighted by atomic mass is 19.4. The van der Waals surface area contributed by atoms with Crippen LogP contribution in [0, 0.1) is 5.92 Å². The summed E-state index contributed by atoms with van der Waals surface area (Å²) < 4.78 is 40.2. The van der Waals surface area contributed by atoms with E-state index in [0.717, 1.165) is 25.5 Å². The third-order valence-electron chi connectivity index (χ3n) is 4.23. The van der Waals surface area contributed by atoms with E-state index in [0.29, 0.717) is 17.8 Å². The molecular formula is C12H12F3N5. The van der Waals surface area contributed by atoms with Crippen molar-refractivity contribution in [3.05, 3.63) is 18.1 Å². The fraction of sp³-hybridized carbons (Fsp3) is 0.583. The van der Waals surface area contributed by atoms with Gasteiger partial charge in [0.2, 0.25) is 0 Å². The van der Waals surface area contributed by atoms with Gasteiger partial charge in [-0.25, -0.2) is 4.98 Å². The molecule has 2 aromatic rings. The maximum Gasteiger partial charge on any atom is 0.433 e. The second kappa shape index (κ2) is 3.83. The van der Waals surface area contributed by atoms with Crippen LogP contribution in [-0.4, -0.2) is 32.2 Å². The first-order valence-corrected chi connectivity index (χ1v) is 6.57. The van der Waals surface area contributed by atoms with E-state index in [1.54, 1.807) is 0 Å². The van der Waals surface area contributed by atoms with Crippen LogP contribution in [0.3, 0.4) is 0 Å². The summed E-state index contributed by atoms with van der Waals surface area (Å²) in [5.74, 6) is 1.03. The van der Waals surface area contributed by atoms with Crippen LogP contribution in [0.4, 0.5) is 19.0 Å². The van der Waals surface area contributed by atoms with Gasteiger partial charge in [-0.2, -0.15) is 27.8 Å². The van der Waals surface area contributed by atoms with Gasteiger partial charge in [0, 0.05) is 18.7 Å². The van der Waals surface area contributed by atoms with Crippen LogP contribution in [0.1, 0.15) is 25.0 Å². The second-order valence-corrected chi connectivity index (χ2v) is 5.45. The maximum absolute atomic E-state index is 12.9. The molecule has 2 aliphatic rings. The van der Waals surface area contributed by atoms with Crippen LogP contribution >= 0.6 is 0 Å². The minimum atomic E-state index is -4.47. The third kappa shape index (κ3) is 1.66. The molecule has 1 aliphatic carbocycles. The first-order valence-electron chi connectivity index (χ1n) is 6.57. The highest BCUT2D eigenvalue weighted by Gasteiger charge is 2.41. The van der Waals surface area contributed by atoms with Crippen LogP contribution < -0.4 is 4.90 Å². The number of rotatable bonds is 1. The van der Waals surface area contributed by atoms with Crippen molar-refractivity contribution < 1.29 is 13.2 Å². The van der Waals surface area contributed by atoms with Gasteiger partial charge in [-0.05, 0) is 25.2 Å². The van der Waals surface area contributed by atoms with Crippen molar-refractivity contribution in [3.63, 3.8) is 0 Å². The predicted octanol–water partition coefficient (Wildman–Crippen LogP) is 2.13. The molecule has 1 saturated carbocycles. The van der Waals surface area contributed by atoms with E-state index in [-0.39, 0.29) is 5.78 Å². The average Bonchev–Trinajstić information content (AvgIpc) is 3.11. The van der Waals surface area contributed by atoms with E-state index in [9.17, 15) is 13.2 Å². The SMILES string of the molecule is FC(F)(F)c1cc(N2CC3CCC2C3)n2ncnc2n1. The zero-order valence-corrected chi connectivity index (χ0v) is 10.5. The van der Waals surface area contributed by atoms with Crippen molar-refractivity contribution in [2.24, 2.45) is 5.92 Å². The minimum absolute atomic E-state index is 0.00222. The zero-order valence-electron chi connectivity index (χ0n) is 10.5. The molecule has 0 aromatic carbocycles. The fourth-order valence-corrected chi connectivity index (χ4v) is 3.35. The van der Waals surface area contributed by atoms with Crippen molar-refractivity contribution >= 4 is 11.6 Å². The summed E-state index contributed by atoms with van der Waals surface area (Å²) in [5.41, 5.74) is -0.907. The van der Waals surface area contributed by atoms with Gasteiger partial charge in [0.05, 0.1) is 0 Å². The maximum atomic E-state index is 12.9. The molecule has 5 nitrogen and oxygen atoms in total. The molecule has 20 heavy (non-hydrogen) atoms. The summed E-state index contributed by atoms with van der Waals surface area (Å²) in [4.78, 5) is 9.36. The highest BCUT2D eigenvalue weighted by molar-refractivity contribution is 5.50. The van der Waals surface area contributed by atoms with Crippen molar-refractivity contribution in [3.8, 4) is 0 Å². The molecule has 2 bridgehead atoms. The van der Waals surface area contributed by atoms with E-state index in [1.807, 2.05) is 4.90 Å². The Morgan fingerprint density at radius 2 is 2.10 bits per heavy atom. The molecule has 2 unspecified atom stereocenters. The van der Waals surface area contributed by atoms with E-state index < -0.39 is 11.9 Å². The lowest BCUT2D eigenvalue weighted by molar-refractivity contribution is -0.141. The molecular weight excluding hydrogens is 271 g/mol. The molecule has 0 spiro atoms. The van der Waals surface area contributed by atoms with Gasteiger partial charge in [-0.3, -0.25) is 0 Å². The number of alkyl halides is 3. The lowest BCUT2D eigenvalue weighted by Gasteiger charge is -2.29. The van der Waals surface area contributed by atoms with Crippen LogP contribution in [0.2, 0.25) is 0 Å². The van der Waals surface area contributed by atoms with Crippen LogP contribution in [0.5, 0.6) is 0 Å². The molecule has 2 fully saturated rings. The molecule has 0 radical (unpaired) electrons. The summed E-state index contributed by atoms with van der Waals surface area (Å²) >= 11 is 0. The third-order valence-corrected chi connectivity index (χ3v) is 4.23. The molecule has 0 N–H and O–H groups in total. The lowest BCUT2D eigenvalue weighted by atomic mass is 10.1. The van der Waals surface area contributed by atoms with Crippen LogP contribution in [0.15, 0.2) is 12.4 Å². The van der Waals surface area contributed by atoms with Gasteiger partial charge in [0.1, 0.15) is 12.1 Å². The first kappa shape index (κ1) is 11.9. The summed E-state index contributed by atoms with van der Waals surface area (Å²) in [5, 5.41) is 4.00. The molecule has 3 heterocycles. The fourth-order valence-electron chi connectivity index (χ4n) is 3.35. The van der Waals surface area contributed by atoms with Crippen molar-refractivity contribution in [2.75, 3.05) is 11.4 Å². The first-order chi connectivity index (χ1) is 9.52. The Morgan fingerprint density at radius 3 is 2.75 bits per heavy atom. The summed E-state index contributed by atoms with van der Waals surface area (Å²) in [7, 11) is 0. The van der Waals surface area contributed by atoms with Crippen LogP contribution in [0.25, 0.3) is 5.78 Å². The number of fused-ring (bicyclic) bond motifs is 3. The van der Waals surface area contributed by atoms with Gasteiger partial charge in [0.15, 0.2) is 5.69 Å². The Morgan fingerprint density at radius 1 is 1.25 bits per heavy atom.